The number of hydrogen-bond donors (Lipinski definition) is 16. The average Bonchev–Trinajstić information content (AvgIpc) is 3.90. The van der Waals surface area contributed by atoms with Crippen LogP contribution in [0.5, 0.6) is 0 Å². The lowest BCUT2D eigenvalue weighted by Crippen LogP contribution is -2.61. The topological polar surface area (TPSA) is 490 Å². The number of amides is 7. The summed E-state index contributed by atoms with van der Waals surface area (Å²) in [6, 6.07) is -1.27. The van der Waals surface area contributed by atoms with Gasteiger partial charge in [-0.2, -0.15) is 0 Å². The quantitative estimate of drug-likeness (QED) is 0.0128. The first-order valence-electron chi connectivity index (χ1n) is 26.3. The van der Waals surface area contributed by atoms with Gasteiger partial charge in [-0.15, -0.1) is 0 Å². The highest BCUT2D eigenvalue weighted by molar-refractivity contribution is 5.98. The predicted molar refractivity (Wildman–Crippen MR) is 288 cm³/mol. The van der Waals surface area contributed by atoms with E-state index < -0.39 is 115 Å². The highest BCUT2D eigenvalue weighted by atomic mass is 16.4. The van der Waals surface area contributed by atoms with Gasteiger partial charge in [0.2, 0.25) is 41.4 Å². The zero-order valence-corrected chi connectivity index (χ0v) is 44.4. The number of hydrogen-bond acceptors (Lipinski definition) is 17. The van der Waals surface area contributed by atoms with E-state index in [0.29, 0.717) is 50.8 Å². The number of guanidine groups is 1. The molecule has 0 radical (unpaired) electrons. The van der Waals surface area contributed by atoms with Crippen LogP contribution in [0, 0.1) is 6.92 Å². The number of likely N-dealkylation sites (tertiary alicyclic amines) is 1. The van der Waals surface area contributed by atoms with Crippen LogP contribution in [-0.2, 0) is 49.6 Å². The molecule has 2 rings (SSSR count). The molecule has 0 aromatic heterocycles. The fourth-order valence-electron chi connectivity index (χ4n) is 8.48. The third-order valence-corrected chi connectivity index (χ3v) is 12.7. The first kappa shape index (κ1) is 66.5. The normalized spacial score (nSPS) is 16.1. The van der Waals surface area contributed by atoms with Gasteiger partial charge in [-0.25, -0.2) is 4.79 Å². The van der Waals surface area contributed by atoms with Gasteiger partial charge in [0.1, 0.15) is 30.2 Å². The third kappa shape index (κ3) is 24.5. The zero-order valence-electron chi connectivity index (χ0n) is 44.4. The second kappa shape index (κ2) is 36.4. The van der Waals surface area contributed by atoms with E-state index in [4.69, 9.17) is 45.9 Å². The Labute approximate surface area is 450 Å². The first-order chi connectivity index (χ1) is 36.7. The maximum absolute atomic E-state index is 14.3. The van der Waals surface area contributed by atoms with Gasteiger partial charge in [-0.3, -0.25) is 43.3 Å². The molecule has 1 saturated heterocycles. The number of nitrogens with one attached hydrogen (secondary N) is 6. The van der Waals surface area contributed by atoms with Gasteiger partial charge >= 0.3 is 5.97 Å². The van der Waals surface area contributed by atoms with Crippen molar-refractivity contribution in [3.8, 4) is 0 Å². The lowest BCUT2D eigenvalue weighted by Gasteiger charge is -2.30. The summed E-state index contributed by atoms with van der Waals surface area (Å²) in [5.74, 6) is -7.13. The molecule has 0 saturated carbocycles. The molecule has 1 aromatic carbocycles. The van der Waals surface area contributed by atoms with Crippen LogP contribution in [0.3, 0.4) is 0 Å². The van der Waals surface area contributed by atoms with E-state index in [-0.39, 0.29) is 102 Å². The van der Waals surface area contributed by atoms with Crippen molar-refractivity contribution >= 4 is 59.1 Å². The van der Waals surface area contributed by atoms with Crippen LogP contribution in [0.25, 0.3) is 0 Å². The minimum absolute atomic E-state index is 0.000477. The molecule has 1 fully saturated rings. The number of benzene rings is 1. The molecular weight excluding hydrogens is 1000 g/mol. The molecule has 0 unspecified atom stereocenters. The van der Waals surface area contributed by atoms with Crippen LogP contribution >= 0.6 is 0 Å². The monoisotopic (exact) mass is 1090 g/mol. The van der Waals surface area contributed by atoms with Gasteiger partial charge in [0.15, 0.2) is 11.7 Å². The molecule has 1 aliphatic heterocycles. The lowest BCUT2D eigenvalue weighted by molar-refractivity contribution is -0.142. The number of nitrogens with zero attached hydrogens (tertiary/aromatic N) is 2. The SMILES string of the molecule is Cc1cccc(C[C@H](NC(=O)[C@@H]2CCCN2C(=O)[C@@H](CCCN)NC(=O)CNC(=O)[C@H](CCN)NC(=O)[C@@H](NC(=O)[C@@H](N)CCCCN)[C@@H](O)CN)C(=O)N[C@@H](CCCCN)C(=O)CC/C(=C\CCN=C(N)N)C(=O)O)c1. The molecule has 432 valence electrons. The molecule has 77 heavy (non-hydrogen) atoms. The predicted octanol–water partition coefficient (Wildman–Crippen LogP) is -4.91. The maximum atomic E-state index is 14.3. The van der Waals surface area contributed by atoms with E-state index >= 15 is 0 Å². The first-order valence-corrected chi connectivity index (χ1v) is 26.3. The van der Waals surface area contributed by atoms with Crippen LogP contribution in [0.15, 0.2) is 40.9 Å². The second-order valence-electron chi connectivity index (χ2n) is 19.0. The number of aliphatic carboxylic acids is 1. The Kier molecular flexibility index (Phi) is 31.4. The van der Waals surface area contributed by atoms with Crippen molar-refractivity contribution in [3.63, 3.8) is 0 Å². The van der Waals surface area contributed by atoms with Gasteiger partial charge in [0.25, 0.3) is 0 Å². The van der Waals surface area contributed by atoms with E-state index in [2.05, 4.69) is 36.9 Å². The Balaban J connectivity index is 2.28. The number of aliphatic imine (C=N–C) groups is 1. The van der Waals surface area contributed by atoms with Crippen molar-refractivity contribution in [2.24, 2.45) is 50.9 Å². The summed E-state index contributed by atoms with van der Waals surface area (Å²) in [4.78, 5) is 127. The number of aliphatic hydroxyl groups is 1. The van der Waals surface area contributed by atoms with Crippen LogP contribution in [0.2, 0.25) is 0 Å². The number of carboxylic acids is 1. The molecule has 7 amide bonds. The van der Waals surface area contributed by atoms with Crippen LogP contribution in [0.1, 0.15) is 101 Å². The Bertz CT molecular complexity index is 2160. The number of rotatable bonds is 38. The van der Waals surface area contributed by atoms with Crippen molar-refractivity contribution in [1.29, 1.82) is 0 Å². The van der Waals surface area contributed by atoms with Crippen LogP contribution < -0.4 is 77.8 Å². The number of carboxylic acid groups (broad SMARTS) is 1. The molecular formula is C50H86N16O11. The van der Waals surface area contributed by atoms with Crippen molar-refractivity contribution in [2.75, 3.05) is 52.4 Å². The number of ketones is 1. The number of aryl methyl sites for hydroxylation is 1. The summed E-state index contributed by atoms with van der Waals surface area (Å²) in [5, 5.41) is 35.8. The number of carbonyl (C=O) groups excluding carboxylic acids is 8. The van der Waals surface area contributed by atoms with Crippen molar-refractivity contribution in [3.05, 3.63) is 47.0 Å². The number of nitrogens with two attached hydrogens (primary N) is 8. The van der Waals surface area contributed by atoms with E-state index in [9.17, 15) is 53.4 Å². The minimum Gasteiger partial charge on any atom is -0.478 e. The molecule has 8 atom stereocenters. The summed E-state index contributed by atoms with van der Waals surface area (Å²) < 4.78 is 0. The van der Waals surface area contributed by atoms with Gasteiger partial charge in [0, 0.05) is 38.0 Å². The van der Waals surface area contributed by atoms with Gasteiger partial charge in [-0.05, 0) is 116 Å². The zero-order chi connectivity index (χ0) is 57.5. The van der Waals surface area contributed by atoms with Crippen molar-refractivity contribution in [2.45, 2.75) is 152 Å². The Morgan fingerprint density at radius 3 is 2.03 bits per heavy atom. The fourth-order valence-corrected chi connectivity index (χ4v) is 8.48. The highest BCUT2D eigenvalue weighted by Crippen LogP contribution is 2.21. The van der Waals surface area contributed by atoms with Crippen LogP contribution in [0.4, 0.5) is 0 Å². The minimum atomic E-state index is -1.60. The standard InChI is InChI=1S/C50H86N16O11/c1-30-10-6-11-31(26-30)27-37(45(72)62-34(14-3-5-21-52)39(67)18-17-32(49(76)77)12-8-24-59-50(57)58)64-46(73)38-16-9-25-66(38)48(75)36(15-7-22-53)61-41(69)29-60-44(71)35(19-23-54)63-47(74)42(40(68)28-55)65-43(70)33(56)13-2-4-20-51/h6,10-12,26,33-38,40,42,68H,2-5,7-9,13-25,27-29,51-56H2,1H3,(H,60,71)(H,61,69)(H,62,72)(H,63,74)(H,64,73)(H,65,70)(H,76,77)(H4,57,58,59)/b32-12+/t33-,34-,35-,36+,37-,38-,40-,42-/m0/s1. The van der Waals surface area contributed by atoms with E-state index in [1.165, 1.54) is 11.0 Å². The number of carbonyl (C=O) groups is 9. The molecule has 24 N–H and O–H groups in total. The van der Waals surface area contributed by atoms with Crippen molar-refractivity contribution in [1.82, 2.24) is 36.8 Å². The maximum Gasteiger partial charge on any atom is 0.331 e. The summed E-state index contributed by atoms with van der Waals surface area (Å²) >= 11 is 0. The second-order valence-corrected chi connectivity index (χ2v) is 19.0. The van der Waals surface area contributed by atoms with Crippen LogP contribution in [-0.4, -0.2) is 175 Å². The molecule has 27 nitrogen and oxygen atoms in total. The van der Waals surface area contributed by atoms with Gasteiger partial charge in [-0.1, -0.05) is 42.3 Å². The molecule has 27 heteroatoms. The molecule has 0 bridgehead atoms. The number of aliphatic hydroxyl groups excluding tert-OH is 1. The largest absolute Gasteiger partial charge is 0.478 e. The lowest BCUT2D eigenvalue weighted by atomic mass is 9.97. The summed E-state index contributed by atoms with van der Waals surface area (Å²) in [6.45, 7) is 1.79. The van der Waals surface area contributed by atoms with Crippen molar-refractivity contribution < 1.29 is 53.4 Å². The van der Waals surface area contributed by atoms with E-state index in [0.717, 1.165) is 5.56 Å². The highest BCUT2D eigenvalue weighted by Gasteiger charge is 2.40. The van der Waals surface area contributed by atoms with E-state index in [1.54, 1.807) is 12.1 Å². The summed E-state index contributed by atoms with van der Waals surface area (Å²) in [5.41, 5.74) is 46.6. The third-order valence-electron chi connectivity index (χ3n) is 12.7. The average molecular weight is 1090 g/mol. The smallest absolute Gasteiger partial charge is 0.331 e. The molecule has 0 aliphatic carbocycles. The number of unbranched alkanes of at least 4 members (excludes halogenated alkanes) is 2. The molecule has 1 aliphatic rings. The Morgan fingerprint density at radius 2 is 1.40 bits per heavy atom. The van der Waals surface area contributed by atoms with Gasteiger partial charge < -0.3 is 92.9 Å². The van der Waals surface area contributed by atoms with Gasteiger partial charge in [0.05, 0.1) is 24.7 Å². The Hall–Kier alpha value is -6.62. The summed E-state index contributed by atoms with van der Waals surface area (Å²) in [6.07, 6.45) is 3.14. The molecule has 1 heterocycles. The summed E-state index contributed by atoms with van der Waals surface area (Å²) in [7, 11) is 0. The molecule has 1 aromatic rings. The Morgan fingerprint density at radius 1 is 0.740 bits per heavy atom. The van der Waals surface area contributed by atoms with E-state index in [1.807, 2.05) is 19.1 Å². The fraction of sp³-hybridized carbons (Fsp3) is 0.640. The number of Topliss-reactive ketones (excluding diaryl/α,β-unsaturated/α-hetero) is 1. The molecule has 0 spiro atoms.